The molecular formula is C11H12F3O+. The molecule has 1 aliphatic carbocycles. The van der Waals surface area contributed by atoms with Crippen molar-refractivity contribution in [3.8, 4) is 5.75 Å². The predicted molar refractivity (Wildman–Crippen MR) is 51.1 cm³/mol. The fourth-order valence-corrected chi connectivity index (χ4v) is 1.70. The van der Waals surface area contributed by atoms with E-state index in [1.165, 1.54) is 6.07 Å². The third-order valence-corrected chi connectivity index (χ3v) is 3.00. The van der Waals surface area contributed by atoms with Crippen molar-refractivity contribution in [2.24, 2.45) is 0 Å². The zero-order valence-electron chi connectivity index (χ0n) is 8.28. The Labute approximate surface area is 85.5 Å². The Bertz CT molecular complexity index is 391. The normalized spacial score (nSPS) is 18.9. The summed E-state index contributed by atoms with van der Waals surface area (Å²) < 4.78 is 37.0. The fourth-order valence-electron chi connectivity index (χ4n) is 1.70. The van der Waals surface area contributed by atoms with Gasteiger partial charge in [0.15, 0.2) is 0 Å². The summed E-state index contributed by atoms with van der Waals surface area (Å²) in [5, 5.41) is 7.59. The number of hydrogen-bond acceptors (Lipinski definition) is 0. The molecular weight excluding hydrogens is 205 g/mol. The first-order valence-corrected chi connectivity index (χ1v) is 4.76. The predicted octanol–water partition coefficient (Wildman–Crippen LogP) is 3.19. The molecule has 0 atom stereocenters. The number of rotatable bonds is 1. The molecule has 0 radical (unpaired) electrons. The quantitative estimate of drug-likeness (QED) is 0.645. The maximum Gasteiger partial charge on any atom is 0.416 e. The summed E-state index contributed by atoms with van der Waals surface area (Å²) in [7, 11) is 0. The molecule has 0 bridgehead atoms. The van der Waals surface area contributed by atoms with Gasteiger partial charge in [0.2, 0.25) is 0 Å². The second-order valence-electron chi connectivity index (χ2n) is 4.32. The van der Waals surface area contributed by atoms with Crippen LogP contribution in [0.5, 0.6) is 5.75 Å². The van der Waals surface area contributed by atoms with Crippen molar-refractivity contribution in [3.05, 3.63) is 29.3 Å². The average molecular weight is 217 g/mol. The second kappa shape index (κ2) is 2.90. The van der Waals surface area contributed by atoms with Crippen LogP contribution < -0.4 is 0 Å². The smallest absolute Gasteiger partial charge is 0.416 e. The molecule has 0 amide bonds. The van der Waals surface area contributed by atoms with E-state index in [9.17, 15) is 13.2 Å². The van der Waals surface area contributed by atoms with Gasteiger partial charge in [-0.1, -0.05) is 6.92 Å². The number of hydrogen-bond donors (Lipinski definition) is 0. The van der Waals surface area contributed by atoms with Crippen LogP contribution in [0.2, 0.25) is 0 Å². The minimum atomic E-state index is -4.35. The third-order valence-electron chi connectivity index (χ3n) is 3.00. The molecule has 0 saturated heterocycles. The summed E-state index contributed by atoms with van der Waals surface area (Å²) in [6.45, 7) is 1.98. The monoisotopic (exact) mass is 217 g/mol. The first kappa shape index (κ1) is 10.3. The maximum absolute atomic E-state index is 12.3. The summed E-state index contributed by atoms with van der Waals surface area (Å²) in [4.78, 5) is 0. The van der Waals surface area contributed by atoms with Crippen LogP contribution in [0.4, 0.5) is 13.2 Å². The SMILES string of the molecule is CC1(c2ccc(C(F)(F)F)cc2[OH2+])CC1. The molecule has 0 heterocycles. The topological polar surface area (TPSA) is 22.9 Å². The van der Waals surface area contributed by atoms with Crippen LogP contribution in [0.3, 0.4) is 0 Å². The van der Waals surface area contributed by atoms with Crippen molar-refractivity contribution in [2.75, 3.05) is 0 Å². The van der Waals surface area contributed by atoms with Crippen LogP contribution in [0.25, 0.3) is 0 Å². The highest BCUT2D eigenvalue weighted by molar-refractivity contribution is 5.44. The van der Waals surface area contributed by atoms with Crippen LogP contribution >= 0.6 is 0 Å². The summed E-state index contributed by atoms with van der Waals surface area (Å²) in [5.41, 5.74) is -0.0581. The summed E-state index contributed by atoms with van der Waals surface area (Å²) >= 11 is 0. The summed E-state index contributed by atoms with van der Waals surface area (Å²) in [6.07, 6.45) is -2.42. The average Bonchev–Trinajstić information content (AvgIpc) is 2.82. The molecule has 0 aliphatic heterocycles. The van der Waals surface area contributed by atoms with E-state index in [-0.39, 0.29) is 11.2 Å². The Morgan fingerprint density at radius 2 is 1.87 bits per heavy atom. The number of alkyl halides is 3. The largest absolute Gasteiger partial charge is 0.593 e. The molecule has 1 saturated carbocycles. The summed E-state index contributed by atoms with van der Waals surface area (Å²) in [5.74, 6) is 0.00447. The zero-order chi connectivity index (χ0) is 11.3. The van der Waals surface area contributed by atoms with Crippen molar-refractivity contribution in [2.45, 2.75) is 31.4 Å². The van der Waals surface area contributed by atoms with E-state index < -0.39 is 11.7 Å². The Kier molecular flexibility index (Phi) is 2.00. The van der Waals surface area contributed by atoms with Crippen LogP contribution in [0, 0.1) is 0 Å². The maximum atomic E-state index is 12.3. The highest BCUT2D eigenvalue weighted by Crippen LogP contribution is 2.51. The van der Waals surface area contributed by atoms with E-state index in [0.29, 0.717) is 0 Å². The Morgan fingerprint density at radius 1 is 1.27 bits per heavy atom. The van der Waals surface area contributed by atoms with E-state index in [1.54, 1.807) is 0 Å². The van der Waals surface area contributed by atoms with Gasteiger partial charge in [-0.3, -0.25) is 0 Å². The van der Waals surface area contributed by atoms with Gasteiger partial charge in [-0.15, -0.1) is 0 Å². The van der Waals surface area contributed by atoms with Gasteiger partial charge in [0.25, 0.3) is 5.75 Å². The van der Waals surface area contributed by atoms with Gasteiger partial charge < -0.3 is 5.11 Å². The first-order chi connectivity index (χ1) is 6.83. The Balaban J connectivity index is 2.40. The van der Waals surface area contributed by atoms with Crippen LogP contribution in [0.1, 0.15) is 30.9 Å². The molecule has 1 aromatic rings. The molecule has 0 spiro atoms. The van der Waals surface area contributed by atoms with E-state index in [4.69, 9.17) is 5.11 Å². The van der Waals surface area contributed by atoms with Crippen molar-refractivity contribution in [3.63, 3.8) is 0 Å². The highest BCUT2D eigenvalue weighted by atomic mass is 19.4. The molecule has 2 N–H and O–H groups in total. The van der Waals surface area contributed by atoms with E-state index in [1.807, 2.05) is 6.92 Å². The molecule has 1 nitrogen and oxygen atoms in total. The van der Waals surface area contributed by atoms with E-state index >= 15 is 0 Å². The minimum Gasteiger partial charge on any atom is -0.593 e. The fraction of sp³-hybridized carbons (Fsp3) is 0.455. The van der Waals surface area contributed by atoms with Gasteiger partial charge in [0.05, 0.1) is 11.1 Å². The first-order valence-electron chi connectivity index (χ1n) is 4.76. The van der Waals surface area contributed by atoms with Gasteiger partial charge in [0.1, 0.15) is 0 Å². The second-order valence-corrected chi connectivity index (χ2v) is 4.32. The number of halogens is 3. The van der Waals surface area contributed by atoms with E-state index in [2.05, 4.69) is 0 Å². The van der Waals surface area contributed by atoms with E-state index in [0.717, 1.165) is 30.5 Å². The Hall–Kier alpha value is -1.19. The third kappa shape index (κ3) is 1.80. The van der Waals surface area contributed by atoms with Gasteiger partial charge >= 0.3 is 6.18 Å². The van der Waals surface area contributed by atoms with Crippen LogP contribution in [0.15, 0.2) is 18.2 Å². The van der Waals surface area contributed by atoms with Crippen molar-refractivity contribution >= 4 is 0 Å². The summed E-state index contributed by atoms with van der Waals surface area (Å²) in [6, 6.07) is 3.42. The van der Waals surface area contributed by atoms with Crippen LogP contribution in [-0.4, -0.2) is 5.11 Å². The van der Waals surface area contributed by atoms with Gasteiger partial charge in [-0.2, -0.15) is 13.2 Å². The highest BCUT2D eigenvalue weighted by Gasteiger charge is 2.43. The van der Waals surface area contributed by atoms with Crippen LogP contribution in [-0.2, 0) is 11.6 Å². The molecule has 0 aromatic heterocycles. The molecule has 0 unspecified atom stereocenters. The lowest BCUT2D eigenvalue weighted by atomic mass is 9.96. The number of benzene rings is 1. The molecule has 1 aromatic carbocycles. The van der Waals surface area contributed by atoms with Crippen molar-refractivity contribution in [1.82, 2.24) is 0 Å². The minimum absolute atomic E-state index is 0.00447. The van der Waals surface area contributed by atoms with Gasteiger partial charge in [0, 0.05) is 11.5 Å². The molecule has 15 heavy (non-hydrogen) atoms. The molecule has 4 heteroatoms. The lowest BCUT2D eigenvalue weighted by molar-refractivity contribution is -0.137. The molecule has 1 aliphatic rings. The Morgan fingerprint density at radius 3 is 2.27 bits per heavy atom. The lowest BCUT2D eigenvalue weighted by Crippen LogP contribution is -2.07. The van der Waals surface area contributed by atoms with Gasteiger partial charge in [-0.25, -0.2) is 0 Å². The van der Waals surface area contributed by atoms with Gasteiger partial charge in [-0.05, 0) is 25.0 Å². The van der Waals surface area contributed by atoms with Crippen molar-refractivity contribution in [1.29, 1.82) is 0 Å². The molecule has 82 valence electrons. The molecule has 2 rings (SSSR count). The zero-order valence-corrected chi connectivity index (χ0v) is 8.28. The lowest BCUT2D eigenvalue weighted by Gasteiger charge is -2.11. The van der Waals surface area contributed by atoms with Crippen molar-refractivity contribution < 1.29 is 18.3 Å². The standard InChI is InChI=1S/C11H11F3O/c1-10(4-5-10)8-3-2-7(6-9(8)15)11(12,13)14/h2-3,6,15H,4-5H2,1H3/p+1. The molecule has 1 fully saturated rings.